The van der Waals surface area contributed by atoms with Crippen LogP contribution in [0.5, 0.6) is 0 Å². The van der Waals surface area contributed by atoms with Crippen molar-refractivity contribution in [2.45, 2.75) is 64.8 Å². The Morgan fingerprint density at radius 2 is 2.00 bits per heavy atom. The number of amides is 1. The average Bonchev–Trinajstić information content (AvgIpc) is 2.66. The van der Waals surface area contributed by atoms with E-state index in [2.05, 4.69) is 10.5 Å². The second kappa shape index (κ2) is 7.42. The van der Waals surface area contributed by atoms with E-state index in [0.29, 0.717) is 19.3 Å². The fourth-order valence-corrected chi connectivity index (χ4v) is 3.15. The number of carboxylic acids is 1. The molecule has 1 amide bonds. The van der Waals surface area contributed by atoms with Gasteiger partial charge in [-0.05, 0) is 33.1 Å². The molecular weight excluding hydrogens is 284 g/mol. The zero-order valence-electron chi connectivity index (χ0n) is 13.2. The van der Waals surface area contributed by atoms with Crippen LogP contribution in [-0.4, -0.2) is 28.2 Å². The van der Waals surface area contributed by atoms with E-state index in [1.165, 1.54) is 0 Å². The zero-order valence-corrected chi connectivity index (χ0v) is 13.2. The van der Waals surface area contributed by atoms with E-state index in [-0.39, 0.29) is 11.9 Å². The van der Waals surface area contributed by atoms with Crippen molar-refractivity contribution in [3.8, 4) is 0 Å². The van der Waals surface area contributed by atoms with Crippen molar-refractivity contribution < 1.29 is 19.2 Å². The molecule has 0 saturated heterocycles. The summed E-state index contributed by atoms with van der Waals surface area (Å²) in [6, 6.07) is -0.253. The van der Waals surface area contributed by atoms with E-state index >= 15 is 0 Å². The second-order valence-corrected chi connectivity index (χ2v) is 6.06. The maximum absolute atomic E-state index is 12.2. The number of nitrogens with one attached hydrogen (secondary N) is 1. The summed E-state index contributed by atoms with van der Waals surface area (Å²) in [5.41, 5.74) is 1.77. The molecule has 1 heterocycles. The molecule has 1 fully saturated rings. The zero-order chi connectivity index (χ0) is 16.1. The van der Waals surface area contributed by atoms with Crippen LogP contribution in [0.1, 0.15) is 55.5 Å². The second-order valence-electron chi connectivity index (χ2n) is 6.06. The predicted octanol–water partition coefficient (Wildman–Crippen LogP) is 2.37. The van der Waals surface area contributed by atoms with Crippen LogP contribution in [0, 0.1) is 19.8 Å². The number of carboxylic acid groups (broad SMARTS) is 1. The van der Waals surface area contributed by atoms with Gasteiger partial charge in [0.15, 0.2) is 0 Å². The molecule has 1 aromatic rings. The molecule has 0 aromatic carbocycles. The minimum Gasteiger partial charge on any atom is -0.481 e. The van der Waals surface area contributed by atoms with Crippen LogP contribution >= 0.6 is 0 Å². The number of carbonyl (C=O) groups excluding carboxylic acids is 1. The molecule has 0 spiro atoms. The molecule has 0 radical (unpaired) electrons. The molecule has 0 aliphatic heterocycles. The molecule has 0 bridgehead atoms. The van der Waals surface area contributed by atoms with Crippen molar-refractivity contribution in [1.29, 1.82) is 0 Å². The normalized spacial score (nSPS) is 22.1. The number of carbonyl (C=O) groups is 2. The molecule has 6 nitrogen and oxygen atoms in total. The van der Waals surface area contributed by atoms with Crippen molar-refractivity contribution in [3.05, 3.63) is 17.0 Å². The summed E-state index contributed by atoms with van der Waals surface area (Å²) in [7, 11) is 0. The summed E-state index contributed by atoms with van der Waals surface area (Å²) in [6.45, 7) is 3.69. The van der Waals surface area contributed by atoms with Crippen LogP contribution in [0.15, 0.2) is 4.52 Å². The monoisotopic (exact) mass is 308 g/mol. The molecule has 2 rings (SSSR count). The van der Waals surface area contributed by atoms with Crippen LogP contribution in [0.25, 0.3) is 0 Å². The lowest BCUT2D eigenvalue weighted by Crippen LogP contribution is -2.42. The maximum atomic E-state index is 12.2. The first-order valence-electron chi connectivity index (χ1n) is 7.93. The molecule has 0 unspecified atom stereocenters. The van der Waals surface area contributed by atoms with E-state index in [0.717, 1.165) is 42.7 Å². The van der Waals surface area contributed by atoms with E-state index in [4.69, 9.17) is 4.52 Å². The SMILES string of the molecule is Cc1noc(C)c1CCC(=O)N[C@H]1CCCCC[C@H]1C(=O)O. The number of aliphatic carboxylic acids is 1. The topological polar surface area (TPSA) is 92.4 Å². The maximum Gasteiger partial charge on any atom is 0.308 e. The van der Waals surface area contributed by atoms with Gasteiger partial charge in [0.1, 0.15) is 5.76 Å². The summed E-state index contributed by atoms with van der Waals surface area (Å²) < 4.78 is 5.08. The minimum atomic E-state index is -0.807. The fourth-order valence-electron chi connectivity index (χ4n) is 3.15. The Kier molecular flexibility index (Phi) is 5.57. The molecule has 122 valence electrons. The summed E-state index contributed by atoms with van der Waals surface area (Å²) in [4.78, 5) is 23.5. The van der Waals surface area contributed by atoms with E-state index in [1.807, 2.05) is 13.8 Å². The Bertz CT molecular complexity index is 519. The highest BCUT2D eigenvalue weighted by Gasteiger charge is 2.30. The minimum absolute atomic E-state index is 0.0989. The fraction of sp³-hybridized carbons (Fsp3) is 0.688. The van der Waals surface area contributed by atoms with E-state index in [9.17, 15) is 14.7 Å². The summed E-state index contributed by atoms with van der Waals surface area (Å²) in [6.07, 6.45) is 5.21. The predicted molar refractivity (Wildman–Crippen MR) is 80.4 cm³/mol. The Labute approximate surface area is 130 Å². The number of hydrogen-bond donors (Lipinski definition) is 2. The van der Waals surface area contributed by atoms with Crippen molar-refractivity contribution in [3.63, 3.8) is 0 Å². The van der Waals surface area contributed by atoms with Gasteiger partial charge in [-0.1, -0.05) is 24.4 Å². The third kappa shape index (κ3) is 4.08. The molecule has 22 heavy (non-hydrogen) atoms. The van der Waals surface area contributed by atoms with Gasteiger partial charge in [0.05, 0.1) is 11.6 Å². The third-order valence-electron chi connectivity index (χ3n) is 4.46. The van der Waals surface area contributed by atoms with Crippen molar-refractivity contribution in [2.24, 2.45) is 5.92 Å². The molecule has 1 aliphatic carbocycles. The van der Waals surface area contributed by atoms with Crippen molar-refractivity contribution in [2.75, 3.05) is 0 Å². The average molecular weight is 308 g/mol. The first-order chi connectivity index (χ1) is 10.5. The van der Waals surface area contributed by atoms with Gasteiger partial charge in [0.2, 0.25) is 5.91 Å². The van der Waals surface area contributed by atoms with Crippen molar-refractivity contribution >= 4 is 11.9 Å². The van der Waals surface area contributed by atoms with Crippen LogP contribution in [0.2, 0.25) is 0 Å². The van der Waals surface area contributed by atoms with Gasteiger partial charge in [-0.2, -0.15) is 0 Å². The van der Waals surface area contributed by atoms with Gasteiger partial charge < -0.3 is 14.9 Å². The Morgan fingerprint density at radius 1 is 1.27 bits per heavy atom. The molecule has 1 aromatic heterocycles. The lowest BCUT2D eigenvalue weighted by atomic mass is 9.94. The number of nitrogens with zero attached hydrogens (tertiary/aromatic N) is 1. The highest BCUT2D eigenvalue weighted by molar-refractivity contribution is 5.78. The number of aromatic nitrogens is 1. The molecular formula is C16H24N2O4. The molecule has 1 aliphatic rings. The molecule has 2 atom stereocenters. The number of rotatable bonds is 5. The highest BCUT2D eigenvalue weighted by Crippen LogP contribution is 2.24. The van der Waals surface area contributed by atoms with Gasteiger partial charge in [-0.15, -0.1) is 0 Å². The molecule has 2 N–H and O–H groups in total. The Balaban J connectivity index is 1.91. The lowest BCUT2D eigenvalue weighted by molar-refractivity contribution is -0.143. The quantitative estimate of drug-likeness (QED) is 0.815. The van der Waals surface area contributed by atoms with Gasteiger partial charge in [0.25, 0.3) is 0 Å². The van der Waals surface area contributed by atoms with E-state index in [1.54, 1.807) is 0 Å². The standard InChI is InChI=1S/C16H24N2O4/c1-10-12(11(2)22-18-10)8-9-15(19)17-14-7-5-3-4-6-13(14)16(20)21/h13-14H,3-9H2,1-2H3,(H,17,19)(H,20,21)/t13-,14+/m1/s1. The van der Waals surface area contributed by atoms with Gasteiger partial charge in [0, 0.05) is 18.0 Å². The van der Waals surface area contributed by atoms with Crippen molar-refractivity contribution in [1.82, 2.24) is 10.5 Å². The Morgan fingerprint density at radius 3 is 2.64 bits per heavy atom. The highest BCUT2D eigenvalue weighted by atomic mass is 16.5. The lowest BCUT2D eigenvalue weighted by Gasteiger charge is -2.22. The van der Waals surface area contributed by atoms with E-state index < -0.39 is 11.9 Å². The van der Waals surface area contributed by atoms with Crippen LogP contribution in [-0.2, 0) is 16.0 Å². The smallest absolute Gasteiger partial charge is 0.308 e. The van der Waals surface area contributed by atoms with Gasteiger partial charge in [-0.25, -0.2) is 0 Å². The number of hydrogen-bond acceptors (Lipinski definition) is 4. The summed E-state index contributed by atoms with van der Waals surface area (Å²) in [5.74, 6) is -0.634. The molecule has 1 saturated carbocycles. The first-order valence-corrected chi connectivity index (χ1v) is 7.93. The summed E-state index contributed by atoms with van der Waals surface area (Å²) in [5, 5.41) is 16.1. The Hall–Kier alpha value is -1.85. The van der Waals surface area contributed by atoms with Crippen LogP contribution < -0.4 is 5.32 Å². The number of aryl methyl sites for hydroxylation is 2. The van der Waals surface area contributed by atoms with Crippen LogP contribution in [0.4, 0.5) is 0 Å². The first kappa shape index (κ1) is 16.5. The third-order valence-corrected chi connectivity index (χ3v) is 4.46. The van der Waals surface area contributed by atoms with Gasteiger partial charge in [-0.3, -0.25) is 9.59 Å². The van der Waals surface area contributed by atoms with Gasteiger partial charge >= 0.3 is 5.97 Å². The largest absolute Gasteiger partial charge is 0.481 e. The summed E-state index contributed by atoms with van der Waals surface area (Å²) >= 11 is 0. The molecule has 6 heteroatoms. The van der Waals surface area contributed by atoms with Crippen LogP contribution in [0.3, 0.4) is 0 Å².